The van der Waals surface area contributed by atoms with Crippen LogP contribution >= 0.6 is 0 Å². The van der Waals surface area contributed by atoms with E-state index in [9.17, 15) is 17.6 Å². The summed E-state index contributed by atoms with van der Waals surface area (Å²) in [5.41, 5.74) is 1.78. The second-order valence-electron chi connectivity index (χ2n) is 9.76. The van der Waals surface area contributed by atoms with Gasteiger partial charge < -0.3 is 10.3 Å². The third-order valence-electron chi connectivity index (χ3n) is 6.97. The Morgan fingerprint density at radius 1 is 1.11 bits per heavy atom. The number of para-hydroxylation sites is 1. The maximum absolute atomic E-state index is 15.6. The molecule has 0 amide bonds. The Morgan fingerprint density at radius 3 is 2.49 bits per heavy atom. The Balaban J connectivity index is 1.48. The number of aromatic amines is 1. The quantitative estimate of drug-likeness (QED) is 0.368. The summed E-state index contributed by atoms with van der Waals surface area (Å²) in [6, 6.07) is 7.78. The molecule has 0 unspecified atom stereocenters. The van der Waals surface area contributed by atoms with Gasteiger partial charge in [0.05, 0.1) is 12.7 Å². The second kappa shape index (κ2) is 10.2. The molecule has 200 valence electrons. The Morgan fingerprint density at radius 2 is 1.81 bits per heavy atom. The number of rotatable bonds is 8. The van der Waals surface area contributed by atoms with Crippen LogP contribution in [0.15, 0.2) is 36.4 Å². The van der Waals surface area contributed by atoms with Gasteiger partial charge in [0.15, 0.2) is 6.61 Å². The fraction of sp³-hybridized carbons (Fsp3) is 0.462. The van der Waals surface area contributed by atoms with Crippen LogP contribution < -0.4 is 5.32 Å². The number of fused-ring (bicyclic) bond motifs is 3. The molecule has 2 aromatic carbocycles. The van der Waals surface area contributed by atoms with Gasteiger partial charge in [-0.05, 0) is 43.5 Å². The summed E-state index contributed by atoms with van der Waals surface area (Å²) in [7, 11) is 0. The molecule has 1 saturated heterocycles. The number of halogens is 6. The van der Waals surface area contributed by atoms with E-state index in [4.69, 9.17) is 4.84 Å². The lowest BCUT2D eigenvalue weighted by molar-refractivity contribution is -0.277. The fourth-order valence-corrected chi connectivity index (χ4v) is 5.35. The molecule has 11 heteroatoms. The van der Waals surface area contributed by atoms with Crippen molar-refractivity contribution in [1.82, 2.24) is 14.9 Å². The summed E-state index contributed by atoms with van der Waals surface area (Å²) in [6.07, 6.45) is -3.83. The molecule has 1 aromatic heterocycles. The average molecular weight is 527 g/mol. The average Bonchev–Trinajstić information content (AvgIpc) is 3.17. The van der Waals surface area contributed by atoms with Crippen LogP contribution in [0, 0.1) is 11.6 Å². The number of hydrogen-bond donors (Lipinski definition) is 2. The van der Waals surface area contributed by atoms with E-state index in [-0.39, 0.29) is 17.3 Å². The topological polar surface area (TPSA) is 43.5 Å². The van der Waals surface area contributed by atoms with Gasteiger partial charge in [-0.3, -0.25) is 14.1 Å². The van der Waals surface area contributed by atoms with Crippen molar-refractivity contribution < 1.29 is 31.2 Å². The predicted octanol–water partition coefficient (Wildman–Crippen LogP) is 5.73. The number of nitrogens with one attached hydrogen (secondary N) is 2. The van der Waals surface area contributed by atoms with E-state index in [1.807, 2.05) is 23.1 Å². The first-order valence-corrected chi connectivity index (χ1v) is 12.3. The third kappa shape index (κ3) is 5.30. The number of hydrogen-bond acceptors (Lipinski definition) is 4. The van der Waals surface area contributed by atoms with Crippen LogP contribution in [-0.4, -0.2) is 66.1 Å². The van der Waals surface area contributed by atoms with Gasteiger partial charge >= 0.3 is 6.18 Å². The zero-order chi connectivity index (χ0) is 26.3. The molecule has 0 bridgehead atoms. The molecule has 2 aliphatic heterocycles. The lowest BCUT2D eigenvalue weighted by atomic mass is 9.89. The molecule has 2 N–H and O–H groups in total. The van der Waals surface area contributed by atoms with Crippen molar-refractivity contribution in [3.05, 3.63) is 64.9 Å². The van der Waals surface area contributed by atoms with Crippen molar-refractivity contribution in [2.75, 3.05) is 38.2 Å². The number of alkyl halides is 4. The van der Waals surface area contributed by atoms with E-state index in [0.29, 0.717) is 38.2 Å². The number of anilines is 1. The molecule has 37 heavy (non-hydrogen) atoms. The molecule has 3 aromatic rings. The minimum atomic E-state index is -4.61. The summed E-state index contributed by atoms with van der Waals surface area (Å²) in [5, 5.41) is 4.99. The van der Waals surface area contributed by atoms with E-state index >= 15 is 8.78 Å². The van der Waals surface area contributed by atoms with Crippen LogP contribution in [0.25, 0.3) is 10.9 Å². The molecule has 1 fully saturated rings. The van der Waals surface area contributed by atoms with Crippen molar-refractivity contribution in [3.8, 4) is 0 Å². The Hall–Kier alpha value is -2.76. The Kier molecular flexibility index (Phi) is 7.12. The van der Waals surface area contributed by atoms with Gasteiger partial charge in [0.25, 0.3) is 0 Å². The zero-order valence-electron chi connectivity index (χ0n) is 20.2. The number of benzene rings is 2. The van der Waals surface area contributed by atoms with Gasteiger partial charge in [0.1, 0.15) is 17.7 Å². The van der Waals surface area contributed by atoms with Crippen molar-refractivity contribution in [3.63, 3.8) is 0 Å². The smallest absolute Gasteiger partial charge is 0.380 e. The Bertz CT molecular complexity index is 1230. The third-order valence-corrected chi connectivity index (χ3v) is 6.97. The first kappa shape index (κ1) is 25.9. The summed E-state index contributed by atoms with van der Waals surface area (Å²) in [6.45, 7) is 1.58. The summed E-state index contributed by atoms with van der Waals surface area (Å²) < 4.78 is 82.7. The van der Waals surface area contributed by atoms with Crippen LogP contribution in [0.5, 0.6) is 0 Å². The summed E-state index contributed by atoms with van der Waals surface area (Å²) >= 11 is 0. The zero-order valence-corrected chi connectivity index (χ0v) is 20.2. The monoisotopic (exact) mass is 526 g/mol. The Labute approximate surface area is 210 Å². The normalized spacial score (nSPS) is 21.3. The van der Waals surface area contributed by atoms with Crippen LogP contribution in [-0.2, 0) is 11.3 Å². The van der Waals surface area contributed by atoms with E-state index in [1.54, 1.807) is 13.0 Å². The molecule has 2 atom stereocenters. The van der Waals surface area contributed by atoms with Crippen LogP contribution in [0.2, 0.25) is 0 Å². The molecular weight excluding hydrogens is 498 g/mol. The second-order valence-corrected chi connectivity index (χ2v) is 9.76. The van der Waals surface area contributed by atoms with Crippen molar-refractivity contribution in [2.45, 2.75) is 44.1 Å². The highest BCUT2D eigenvalue weighted by atomic mass is 19.4. The predicted molar refractivity (Wildman–Crippen MR) is 128 cm³/mol. The minimum absolute atomic E-state index is 0.0362. The van der Waals surface area contributed by atoms with Crippen LogP contribution in [0.4, 0.5) is 32.0 Å². The maximum Gasteiger partial charge on any atom is 0.413 e. The SMILES string of the molecule is C[C@@H]1Cc2c([nH]c3ccccc23)[C@@H](c2c(F)cc(NC3CN(CCCF)C3)cc2F)N1OCC(F)(F)F. The van der Waals surface area contributed by atoms with Gasteiger partial charge in [-0.2, -0.15) is 18.2 Å². The van der Waals surface area contributed by atoms with Crippen LogP contribution in [0.1, 0.15) is 36.2 Å². The fourth-order valence-electron chi connectivity index (χ4n) is 5.35. The highest BCUT2D eigenvalue weighted by molar-refractivity contribution is 5.85. The molecule has 2 aliphatic rings. The lowest BCUT2D eigenvalue weighted by Gasteiger charge is -2.41. The van der Waals surface area contributed by atoms with Crippen molar-refractivity contribution in [1.29, 1.82) is 0 Å². The van der Waals surface area contributed by atoms with Crippen molar-refractivity contribution >= 4 is 16.6 Å². The first-order valence-electron chi connectivity index (χ1n) is 12.3. The first-order chi connectivity index (χ1) is 17.6. The largest absolute Gasteiger partial charge is 0.413 e. The minimum Gasteiger partial charge on any atom is -0.380 e. The van der Waals surface area contributed by atoms with Gasteiger partial charge in [0.2, 0.25) is 0 Å². The lowest BCUT2D eigenvalue weighted by Crippen LogP contribution is -2.54. The van der Waals surface area contributed by atoms with Crippen molar-refractivity contribution in [2.24, 2.45) is 0 Å². The summed E-state index contributed by atoms with van der Waals surface area (Å²) in [5.74, 6) is -1.78. The highest BCUT2D eigenvalue weighted by Gasteiger charge is 2.42. The van der Waals surface area contributed by atoms with E-state index in [2.05, 4.69) is 10.3 Å². The van der Waals surface area contributed by atoms with Gasteiger partial charge in [-0.1, -0.05) is 18.2 Å². The van der Waals surface area contributed by atoms with E-state index in [0.717, 1.165) is 33.7 Å². The standard InChI is InChI=1S/C26H28F6N4O/c1-15-9-19-18-5-2-3-6-22(18)34-24(19)25(36(15)37-14-26(30,31)32)23-20(28)10-16(11-21(23)29)33-17-12-35(13-17)8-4-7-27/h2-3,5-6,10-11,15,17,25,33-34H,4,7-9,12-14H2,1H3/t15-,25-/m1/s1. The number of aromatic nitrogens is 1. The molecule has 0 saturated carbocycles. The number of nitrogens with zero attached hydrogens (tertiary/aromatic N) is 2. The van der Waals surface area contributed by atoms with E-state index < -0.39 is 43.2 Å². The van der Waals surface area contributed by atoms with E-state index in [1.165, 1.54) is 0 Å². The number of likely N-dealkylation sites (tertiary alicyclic amines) is 1. The molecule has 5 rings (SSSR count). The molecule has 5 nitrogen and oxygen atoms in total. The number of H-pyrrole nitrogens is 1. The maximum atomic E-state index is 15.6. The van der Waals surface area contributed by atoms with Gasteiger partial charge in [0, 0.05) is 53.5 Å². The number of hydroxylamine groups is 2. The van der Waals surface area contributed by atoms with Gasteiger partial charge in [-0.15, -0.1) is 0 Å². The molecule has 0 radical (unpaired) electrons. The highest BCUT2D eigenvalue weighted by Crippen LogP contribution is 2.43. The molecule has 3 heterocycles. The summed E-state index contributed by atoms with van der Waals surface area (Å²) in [4.78, 5) is 10.4. The molecule has 0 aliphatic carbocycles. The molecule has 0 spiro atoms. The molecular formula is C26H28F6N4O. The van der Waals surface area contributed by atoms with Crippen LogP contribution in [0.3, 0.4) is 0 Å². The van der Waals surface area contributed by atoms with Gasteiger partial charge in [-0.25, -0.2) is 8.78 Å².